The molecule has 22 heteroatoms. The van der Waals surface area contributed by atoms with Gasteiger partial charge < -0.3 is 34.5 Å². The number of methoxy groups -OCH3 is 1. The number of piperazine rings is 1. The van der Waals surface area contributed by atoms with E-state index in [1.54, 1.807) is 26.0 Å². The molecule has 5 heterocycles. The summed E-state index contributed by atoms with van der Waals surface area (Å²) in [6.45, 7) is 12.0. The molecule has 3 aromatic carbocycles. The van der Waals surface area contributed by atoms with E-state index < -0.39 is 54.5 Å². The Balaban J connectivity index is 0.865. The number of H-pyrrole nitrogens is 1. The zero-order chi connectivity index (χ0) is 56.7. The number of benzene rings is 3. The lowest BCUT2D eigenvalue weighted by molar-refractivity contribution is -0.384. The van der Waals surface area contributed by atoms with Crippen LogP contribution in [0.2, 0.25) is 0 Å². The van der Waals surface area contributed by atoms with Crippen LogP contribution in [0.4, 0.5) is 30.4 Å². The van der Waals surface area contributed by atoms with E-state index >= 15 is 8.78 Å². The Morgan fingerprint density at radius 2 is 1.70 bits per heavy atom. The average Bonchev–Trinajstić information content (AvgIpc) is 3.94. The summed E-state index contributed by atoms with van der Waals surface area (Å²) < 4.78 is 92.2. The number of amides is 1. The van der Waals surface area contributed by atoms with Gasteiger partial charge in [0.05, 0.1) is 41.4 Å². The first-order valence-electron chi connectivity index (χ1n) is 27.4. The van der Waals surface area contributed by atoms with E-state index in [0.717, 1.165) is 56.8 Å². The second-order valence-electron chi connectivity index (χ2n) is 22.5. The Morgan fingerprint density at radius 1 is 0.950 bits per heavy atom. The Hall–Kier alpha value is -7.01. The maximum absolute atomic E-state index is 15.3. The quantitative estimate of drug-likeness (QED) is 0.0465. The number of halogens is 3. The Bertz CT molecular complexity index is 3390. The number of anilines is 2. The number of aromatic amines is 1. The molecule has 2 saturated carbocycles. The number of ether oxygens (including phenoxy) is 3. The van der Waals surface area contributed by atoms with Crippen molar-refractivity contribution in [1.82, 2.24) is 29.5 Å². The van der Waals surface area contributed by atoms with Gasteiger partial charge in [-0.3, -0.25) is 24.7 Å². The number of hydrogen-bond donors (Lipinski definition) is 4. The molecular formula is C58H68F3N9O9S. The van der Waals surface area contributed by atoms with Crippen molar-refractivity contribution in [3.05, 3.63) is 129 Å². The fraction of sp³-hybridized carbons (Fsp3) is 0.466. The average molecular weight is 1120 g/mol. The highest BCUT2D eigenvalue weighted by atomic mass is 32.2. The summed E-state index contributed by atoms with van der Waals surface area (Å²) in [6.07, 6.45) is 8.34. The number of fused-ring (bicyclic) bond motifs is 1. The van der Waals surface area contributed by atoms with Crippen LogP contribution in [0.1, 0.15) is 118 Å². The molecule has 6 aromatic rings. The summed E-state index contributed by atoms with van der Waals surface area (Å²) >= 11 is 0. The second kappa shape index (κ2) is 22.9. The fourth-order valence-electron chi connectivity index (χ4n) is 12.2. The van der Waals surface area contributed by atoms with Gasteiger partial charge in [-0.1, -0.05) is 38.1 Å². The van der Waals surface area contributed by atoms with Crippen molar-refractivity contribution >= 4 is 44.2 Å². The summed E-state index contributed by atoms with van der Waals surface area (Å²) in [5.41, 5.74) is 2.15. The molecule has 10 rings (SSSR count). The number of nitro groups is 1. The molecule has 3 aromatic heterocycles. The molecule has 4 fully saturated rings. The topological polar surface area (TPSA) is 218 Å². The van der Waals surface area contributed by atoms with E-state index in [1.807, 2.05) is 4.72 Å². The van der Waals surface area contributed by atoms with Gasteiger partial charge >= 0.3 is 5.69 Å². The van der Waals surface area contributed by atoms with Gasteiger partial charge in [-0.05, 0) is 112 Å². The minimum Gasteiger partial charge on any atom is -0.494 e. The molecule has 80 heavy (non-hydrogen) atoms. The van der Waals surface area contributed by atoms with Crippen molar-refractivity contribution in [1.29, 1.82) is 0 Å². The van der Waals surface area contributed by atoms with E-state index in [-0.39, 0.29) is 87.6 Å². The highest BCUT2D eigenvalue weighted by Gasteiger charge is 2.50. The van der Waals surface area contributed by atoms with Crippen molar-refractivity contribution in [2.45, 2.75) is 114 Å². The van der Waals surface area contributed by atoms with Gasteiger partial charge in [0, 0.05) is 99.6 Å². The first-order valence-corrected chi connectivity index (χ1v) is 28.8. The number of carbonyl (C=O) groups is 1. The van der Waals surface area contributed by atoms with Gasteiger partial charge in [0.25, 0.3) is 21.8 Å². The zero-order valence-corrected chi connectivity index (χ0v) is 46.4. The normalized spacial score (nSPS) is 20.9. The number of rotatable bonds is 18. The number of carbonyl (C=O) groups excluding carboxylic acids is 1. The minimum absolute atomic E-state index is 0.00833. The van der Waals surface area contributed by atoms with E-state index in [1.165, 1.54) is 36.4 Å². The third kappa shape index (κ3) is 11.9. The summed E-state index contributed by atoms with van der Waals surface area (Å²) in [5, 5.41) is 25.7. The van der Waals surface area contributed by atoms with Crippen LogP contribution in [0, 0.1) is 38.9 Å². The van der Waals surface area contributed by atoms with Crippen LogP contribution in [0.5, 0.6) is 23.1 Å². The van der Waals surface area contributed by atoms with Gasteiger partial charge in [-0.25, -0.2) is 31.3 Å². The largest absolute Gasteiger partial charge is 0.494 e. The number of hydrogen-bond acceptors (Lipinski definition) is 15. The van der Waals surface area contributed by atoms with E-state index in [9.17, 15) is 32.8 Å². The lowest BCUT2D eigenvalue weighted by Gasteiger charge is -2.58. The lowest BCUT2D eigenvalue weighted by Crippen LogP contribution is -2.60. The molecule has 2 aliphatic carbocycles. The van der Waals surface area contributed by atoms with Gasteiger partial charge in [0.2, 0.25) is 5.82 Å². The molecule has 2 saturated heterocycles. The Morgan fingerprint density at radius 3 is 2.41 bits per heavy atom. The number of sulfonamides is 1. The van der Waals surface area contributed by atoms with Crippen LogP contribution < -0.4 is 29.1 Å². The first-order chi connectivity index (χ1) is 38.2. The molecule has 426 valence electrons. The number of aliphatic hydroxyl groups is 1. The molecule has 0 radical (unpaired) electrons. The van der Waals surface area contributed by atoms with Crippen LogP contribution >= 0.6 is 0 Å². The number of piperidine rings is 1. The van der Waals surface area contributed by atoms with Crippen LogP contribution in [0.25, 0.3) is 11.0 Å². The predicted octanol–water partition coefficient (Wildman–Crippen LogP) is 10.4. The number of aromatic nitrogens is 3. The van der Waals surface area contributed by atoms with Crippen LogP contribution in [-0.4, -0.2) is 114 Å². The van der Waals surface area contributed by atoms with Gasteiger partial charge in [0.15, 0.2) is 17.3 Å². The summed E-state index contributed by atoms with van der Waals surface area (Å²) in [6, 6.07) is 18.2. The van der Waals surface area contributed by atoms with Gasteiger partial charge in [-0.2, -0.15) is 4.98 Å². The van der Waals surface area contributed by atoms with Crippen molar-refractivity contribution in [2.75, 3.05) is 63.2 Å². The van der Waals surface area contributed by atoms with E-state index in [4.69, 9.17) is 14.2 Å². The zero-order valence-electron chi connectivity index (χ0n) is 45.6. The predicted molar refractivity (Wildman–Crippen MR) is 295 cm³/mol. The molecule has 0 unspecified atom stereocenters. The summed E-state index contributed by atoms with van der Waals surface area (Å²) in [4.78, 5) is 43.4. The van der Waals surface area contributed by atoms with E-state index in [0.29, 0.717) is 70.1 Å². The molecule has 4 aliphatic rings. The Labute approximate surface area is 463 Å². The van der Waals surface area contributed by atoms with Gasteiger partial charge in [-0.15, -0.1) is 0 Å². The first kappa shape index (κ1) is 56.3. The van der Waals surface area contributed by atoms with E-state index in [2.05, 4.69) is 73.1 Å². The molecule has 1 spiro atoms. The summed E-state index contributed by atoms with van der Waals surface area (Å²) in [7, 11) is -3.46. The smallest absolute Gasteiger partial charge is 0.312 e. The molecule has 4 N–H and O–H groups in total. The number of nitrogens with zero attached hydrogens (tertiary/aromatic N) is 6. The minimum atomic E-state index is -4.78. The fourth-order valence-corrected chi connectivity index (χ4v) is 13.1. The SMILES string of the molecule is CCOc1nc2[nH]cc(F)c2cc1Oc1cc(N2CCC3(CC2)CC(N2CCN(Cc4cc(F)c(OC)cc4F)C[C@H]2c2ccccc2C(C)C)C3)ccc1C(=O)NS(=O)(=O)c1cnc(NCC2CCC(C)(O)CC2)c([N+](=O)[O-])c1. The maximum atomic E-state index is 15.3. The van der Waals surface area contributed by atoms with Gasteiger partial charge in [0.1, 0.15) is 27.9 Å². The maximum Gasteiger partial charge on any atom is 0.312 e. The molecular weight excluding hydrogens is 1060 g/mol. The number of pyridine rings is 2. The van der Waals surface area contributed by atoms with Crippen molar-refractivity contribution < 1.29 is 50.6 Å². The van der Waals surface area contributed by atoms with Crippen molar-refractivity contribution in [2.24, 2.45) is 11.3 Å². The van der Waals surface area contributed by atoms with Crippen molar-refractivity contribution in [3.8, 4) is 23.1 Å². The Kier molecular flexibility index (Phi) is 16.1. The third-order valence-corrected chi connectivity index (χ3v) is 18.1. The monoisotopic (exact) mass is 1120 g/mol. The molecule has 2 aliphatic heterocycles. The molecule has 18 nitrogen and oxygen atoms in total. The molecule has 1 amide bonds. The standard InChI is InChI=1S/C58H68F3N9O9S/c1-6-78-56-52(26-44-47(61)32-64-53(44)65-56)79-50-24-38(11-12-43(50)55(71)66-80(75,76)40-25-48(70(73)74)54(63-31-40)62-30-36-13-15-57(4,72)16-14-36)68-19-17-58(18-20-68)28-39(29-58)69-22-21-67(33-37-23-46(60)51(77-5)27-45(37)59)34-49(69)42-10-8-7-9-41(42)35(2)3/h7-12,23-27,31-32,35-36,39,49,72H,6,13-22,28-30,33-34H2,1-5H3,(H,62,63)(H,64,65)(H,66,71)/t36?,49-,57?/m0/s1. The molecule has 0 bridgehead atoms. The lowest BCUT2D eigenvalue weighted by atomic mass is 9.59. The van der Waals surface area contributed by atoms with Crippen LogP contribution in [0.3, 0.4) is 0 Å². The number of nitrogens with one attached hydrogen (secondary N) is 3. The second-order valence-corrected chi connectivity index (χ2v) is 24.2. The van der Waals surface area contributed by atoms with Crippen molar-refractivity contribution in [3.63, 3.8) is 0 Å². The summed E-state index contributed by atoms with van der Waals surface area (Å²) in [5.74, 6) is -2.82. The molecule has 1 atom stereocenters. The van der Waals surface area contributed by atoms with Crippen LogP contribution in [-0.2, 0) is 16.6 Å². The highest BCUT2D eigenvalue weighted by Crippen LogP contribution is 2.54. The van der Waals surface area contributed by atoms with Crippen LogP contribution in [0.15, 0.2) is 84.0 Å². The third-order valence-electron chi connectivity index (χ3n) is 16.8. The highest BCUT2D eigenvalue weighted by molar-refractivity contribution is 7.90.